The number of nitrogens with one attached hydrogen (secondary N) is 1. The number of sulfonamides is 1. The molecule has 1 aromatic carbocycles. The SMILES string of the molecule is CNCc1ccc(Br)c(S(=O)(=O)N2CCS(=O)CC2)c1. The van der Waals surface area contributed by atoms with Crippen LogP contribution >= 0.6 is 15.9 Å². The second kappa shape index (κ2) is 6.65. The molecule has 8 heteroatoms. The molecule has 0 unspecified atom stereocenters. The number of halogens is 1. The molecule has 1 heterocycles. The van der Waals surface area contributed by atoms with E-state index in [1.807, 2.05) is 13.1 Å². The largest absolute Gasteiger partial charge is 0.316 e. The van der Waals surface area contributed by atoms with Gasteiger partial charge in [-0.3, -0.25) is 4.21 Å². The predicted octanol–water partition coefficient (Wildman–Crippen LogP) is 0.922. The fourth-order valence-electron chi connectivity index (χ4n) is 2.06. The maximum Gasteiger partial charge on any atom is 0.244 e. The van der Waals surface area contributed by atoms with Crippen LogP contribution in [-0.4, -0.2) is 48.6 Å². The Kier molecular flexibility index (Phi) is 5.36. The van der Waals surface area contributed by atoms with Gasteiger partial charge in [0.2, 0.25) is 10.0 Å². The summed E-state index contributed by atoms with van der Waals surface area (Å²) in [6, 6.07) is 5.31. The van der Waals surface area contributed by atoms with Gasteiger partial charge in [-0.25, -0.2) is 8.42 Å². The van der Waals surface area contributed by atoms with Gasteiger partial charge in [0.1, 0.15) is 0 Å². The lowest BCUT2D eigenvalue weighted by Crippen LogP contribution is -2.41. The van der Waals surface area contributed by atoms with Gasteiger partial charge >= 0.3 is 0 Å². The molecule has 0 amide bonds. The van der Waals surface area contributed by atoms with Gasteiger partial charge in [-0.05, 0) is 40.7 Å². The van der Waals surface area contributed by atoms with Crippen molar-refractivity contribution < 1.29 is 12.6 Å². The Morgan fingerprint density at radius 2 is 2.00 bits per heavy atom. The van der Waals surface area contributed by atoms with Crippen molar-refractivity contribution in [3.05, 3.63) is 28.2 Å². The second-order valence-corrected chi connectivity index (χ2v) is 9.00. The van der Waals surface area contributed by atoms with Crippen LogP contribution in [0.4, 0.5) is 0 Å². The summed E-state index contributed by atoms with van der Waals surface area (Å²) in [4.78, 5) is 0.276. The fraction of sp³-hybridized carbons (Fsp3) is 0.500. The highest BCUT2D eigenvalue weighted by atomic mass is 79.9. The summed E-state index contributed by atoms with van der Waals surface area (Å²) in [5.74, 6) is 0.820. The summed E-state index contributed by atoms with van der Waals surface area (Å²) in [5, 5.41) is 3.00. The normalized spacial score (nSPS) is 18.3. The summed E-state index contributed by atoms with van der Waals surface area (Å²) < 4.78 is 38.6. The van der Waals surface area contributed by atoms with Crippen LogP contribution in [0.15, 0.2) is 27.6 Å². The van der Waals surface area contributed by atoms with Crippen LogP contribution in [0.5, 0.6) is 0 Å². The van der Waals surface area contributed by atoms with Crippen molar-refractivity contribution in [3.63, 3.8) is 0 Å². The molecule has 2 rings (SSSR count). The first-order valence-electron chi connectivity index (χ1n) is 6.23. The van der Waals surface area contributed by atoms with Crippen LogP contribution in [-0.2, 0) is 27.4 Å². The van der Waals surface area contributed by atoms with E-state index in [0.29, 0.717) is 35.6 Å². The summed E-state index contributed by atoms with van der Waals surface area (Å²) >= 11 is 3.31. The first-order valence-corrected chi connectivity index (χ1v) is 9.95. The molecule has 1 saturated heterocycles. The van der Waals surface area contributed by atoms with Crippen LogP contribution in [0.25, 0.3) is 0 Å². The monoisotopic (exact) mass is 380 g/mol. The summed E-state index contributed by atoms with van der Waals surface area (Å²) in [7, 11) is -2.61. The Labute approximate surface area is 130 Å². The number of hydrogen-bond donors (Lipinski definition) is 1. The highest BCUT2D eigenvalue weighted by molar-refractivity contribution is 9.10. The van der Waals surface area contributed by atoms with Crippen molar-refractivity contribution in [2.24, 2.45) is 0 Å². The van der Waals surface area contributed by atoms with Crippen LogP contribution in [0, 0.1) is 0 Å². The van der Waals surface area contributed by atoms with Crippen molar-refractivity contribution in [1.82, 2.24) is 9.62 Å². The van der Waals surface area contributed by atoms with E-state index >= 15 is 0 Å². The van der Waals surface area contributed by atoms with Gasteiger partial charge in [-0.15, -0.1) is 0 Å². The molecule has 0 spiro atoms. The zero-order chi connectivity index (χ0) is 14.8. The Balaban J connectivity index is 2.33. The van der Waals surface area contributed by atoms with Crippen molar-refractivity contribution in [2.45, 2.75) is 11.4 Å². The molecule has 0 aromatic heterocycles. The van der Waals surface area contributed by atoms with Crippen LogP contribution in [0.2, 0.25) is 0 Å². The molecule has 1 N–H and O–H groups in total. The van der Waals surface area contributed by atoms with Gasteiger partial charge in [0.15, 0.2) is 0 Å². The fourth-order valence-corrected chi connectivity index (χ4v) is 5.76. The van der Waals surface area contributed by atoms with Gasteiger partial charge in [0.05, 0.1) is 4.90 Å². The van der Waals surface area contributed by atoms with E-state index in [4.69, 9.17) is 0 Å². The van der Waals surface area contributed by atoms with E-state index in [2.05, 4.69) is 21.2 Å². The lowest BCUT2D eigenvalue weighted by Gasteiger charge is -2.26. The Morgan fingerprint density at radius 3 is 2.60 bits per heavy atom. The summed E-state index contributed by atoms with van der Waals surface area (Å²) in [6.45, 7) is 1.25. The molecular weight excluding hydrogens is 364 g/mol. The van der Waals surface area contributed by atoms with Crippen LogP contribution in [0.3, 0.4) is 0 Å². The number of rotatable bonds is 4. The standard InChI is InChI=1S/C12H17BrN2O3S2/c1-14-9-10-2-3-11(13)12(8-10)20(17,18)15-4-6-19(16)7-5-15/h2-3,8,14H,4-7,9H2,1H3. The van der Waals surface area contributed by atoms with Gasteiger partial charge in [-0.2, -0.15) is 4.31 Å². The minimum Gasteiger partial charge on any atom is -0.316 e. The average molecular weight is 381 g/mol. The molecule has 112 valence electrons. The molecule has 0 aliphatic carbocycles. The molecule has 0 bridgehead atoms. The maximum absolute atomic E-state index is 12.6. The minimum absolute atomic E-state index is 0.276. The number of hydrogen-bond acceptors (Lipinski definition) is 4. The summed E-state index contributed by atoms with van der Waals surface area (Å²) in [6.07, 6.45) is 0. The van der Waals surface area contributed by atoms with Crippen LogP contribution < -0.4 is 5.32 Å². The molecule has 1 fully saturated rings. The van der Waals surface area contributed by atoms with E-state index in [9.17, 15) is 12.6 Å². The predicted molar refractivity (Wildman–Crippen MR) is 83.5 cm³/mol. The molecule has 0 saturated carbocycles. The minimum atomic E-state index is -3.53. The second-order valence-electron chi connectivity index (χ2n) is 4.55. The van der Waals surface area contributed by atoms with Crippen molar-refractivity contribution >= 4 is 36.8 Å². The van der Waals surface area contributed by atoms with E-state index in [1.165, 1.54) is 4.31 Å². The van der Waals surface area contributed by atoms with Gasteiger partial charge in [0.25, 0.3) is 0 Å². The molecule has 20 heavy (non-hydrogen) atoms. The van der Waals surface area contributed by atoms with Crippen LogP contribution in [0.1, 0.15) is 5.56 Å². The zero-order valence-corrected chi connectivity index (χ0v) is 14.4. The third-order valence-corrected chi connectivity index (χ3v) is 7.30. The zero-order valence-electron chi connectivity index (χ0n) is 11.1. The highest BCUT2D eigenvalue weighted by Crippen LogP contribution is 2.27. The van der Waals surface area contributed by atoms with E-state index < -0.39 is 20.8 Å². The highest BCUT2D eigenvalue weighted by Gasteiger charge is 2.29. The van der Waals surface area contributed by atoms with Gasteiger partial charge in [0, 0.05) is 46.4 Å². The van der Waals surface area contributed by atoms with Gasteiger partial charge < -0.3 is 5.32 Å². The average Bonchev–Trinajstić information content (AvgIpc) is 2.41. The third-order valence-electron chi connectivity index (χ3n) is 3.13. The quantitative estimate of drug-likeness (QED) is 0.843. The maximum atomic E-state index is 12.6. The molecular formula is C12H17BrN2O3S2. The third kappa shape index (κ3) is 3.48. The lowest BCUT2D eigenvalue weighted by molar-refractivity contribution is 0.438. The van der Waals surface area contributed by atoms with E-state index in [1.54, 1.807) is 12.1 Å². The lowest BCUT2D eigenvalue weighted by atomic mass is 10.2. The molecule has 5 nitrogen and oxygen atoms in total. The smallest absolute Gasteiger partial charge is 0.244 e. The molecule has 1 aliphatic rings. The van der Waals surface area contributed by atoms with E-state index in [0.717, 1.165) is 5.56 Å². The first kappa shape index (κ1) is 16.1. The van der Waals surface area contributed by atoms with Crippen molar-refractivity contribution in [1.29, 1.82) is 0 Å². The Hall–Kier alpha value is -0.280. The van der Waals surface area contributed by atoms with Crippen molar-refractivity contribution in [2.75, 3.05) is 31.6 Å². The van der Waals surface area contributed by atoms with Gasteiger partial charge in [-0.1, -0.05) is 6.07 Å². The molecule has 0 atom stereocenters. The van der Waals surface area contributed by atoms with Crippen molar-refractivity contribution in [3.8, 4) is 0 Å². The first-order chi connectivity index (χ1) is 9.45. The topological polar surface area (TPSA) is 66.5 Å². The molecule has 0 radical (unpaired) electrons. The summed E-state index contributed by atoms with van der Waals surface area (Å²) in [5.41, 5.74) is 0.912. The molecule has 1 aliphatic heterocycles. The Morgan fingerprint density at radius 1 is 1.35 bits per heavy atom. The number of nitrogens with zero attached hydrogens (tertiary/aromatic N) is 1. The number of benzene rings is 1. The molecule has 1 aromatic rings. The van der Waals surface area contributed by atoms with E-state index in [-0.39, 0.29) is 4.90 Å². The Bertz CT molecular complexity index is 609.